The molecule has 0 bridgehead atoms. The Bertz CT molecular complexity index is 658. The Kier molecular flexibility index (Phi) is 4.73. The highest BCUT2D eigenvalue weighted by molar-refractivity contribution is 7.89. The van der Waals surface area contributed by atoms with Crippen molar-refractivity contribution >= 4 is 10.0 Å². The minimum atomic E-state index is -3.77. The van der Waals surface area contributed by atoms with E-state index in [1.165, 1.54) is 0 Å². The summed E-state index contributed by atoms with van der Waals surface area (Å²) >= 11 is 0. The summed E-state index contributed by atoms with van der Waals surface area (Å²) in [5, 5.41) is 3.93. The van der Waals surface area contributed by atoms with Gasteiger partial charge in [0.2, 0.25) is 10.0 Å². The lowest BCUT2D eigenvalue weighted by Gasteiger charge is -2.30. The smallest absolute Gasteiger partial charge is 0.251 e. The Morgan fingerprint density at radius 3 is 2.78 bits per heavy atom. The van der Waals surface area contributed by atoms with Crippen molar-refractivity contribution in [1.29, 1.82) is 0 Å². The van der Waals surface area contributed by atoms with Gasteiger partial charge in [-0.05, 0) is 32.1 Å². The number of nitrogens with one attached hydrogen (secondary N) is 1. The van der Waals surface area contributed by atoms with Crippen molar-refractivity contribution in [3.05, 3.63) is 17.0 Å². The van der Waals surface area contributed by atoms with E-state index in [2.05, 4.69) is 9.88 Å². The van der Waals surface area contributed by atoms with Crippen LogP contribution in [0.4, 0.5) is 8.78 Å². The highest BCUT2D eigenvalue weighted by atomic mass is 32.2. The van der Waals surface area contributed by atoms with Crippen LogP contribution in [0.1, 0.15) is 55.5 Å². The van der Waals surface area contributed by atoms with Crippen LogP contribution in [0.3, 0.4) is 0 Å². The zero-order valence-corrected chi connectivity index (χ0v) is 13.8. The Hall–Kier alpha value is -1.02. The molecule has 0 amide bonds. The van der Waals surface area contributed by atoms with Crippen molar-refractivity contribution in [3.63, 3.8) is 0 Å². The van der Waals surface area contributed by atoms with E-state index in [-0.39, 0.29) is 19.4 Å². The zero-order valence-electron chi connectivity index (χ0n) is 13.0. The van der Waals surface area contributed by atoms with E-state index in [1.54, 1.807) is 0 Å². The molecule has 1 aromatic heterocycles. The molecule has 0 aliphatic heterocycles. The molecule has 0 aromatic carbocycles. The summed E-state index contributed by atoms with van der Waals surface area (Å²) < 4.78 is 59.6. The molecule has 1 N–H and O–H groups in total. The summed E-state index contributed by atoms with van der Waals surface area (Å²) in [5.41, 5.74) is 1.56. The van der Waals surface area contributed by atoms with E-state index in [4.69, 9.17) is 4.52 Å². The first kappa shape index (κ1) is 16.8. The Balaban J connectivity index is 1.62. The molecule has 130 valence electrons. The second kappa shape index (κ2) is 6.47. The summed E-state index contributed by atoms with van der Waals surface area (Å²) in [5.74, 6) is -3.69. The van der Waals surface area contributed by atoms with Crippen molar-refractivity contribution in [3.8, 4) is 0 Å². The van der Waals surface area contributed by atoms with E-state index in [0.29, 0.717) is 18.5 Å². The number of alkyl halides is 2. The van der Waals surface area contributed by atoms with Gasteiger partial charge in [-0.1, -0.05) is 11.6 Å². The Morgan fingerprint density at radius 1 is 1.22 bits per heavy atom. The van der Waals surface area contributed by atoms with Crippen molar-refractivity contribution in [2.75, 3.05) is 5.75 Å². The molecule has 0 saturated heterocycles. The number of halogens is 2. The van der Waals surface area contributed by atoms with Gasteiger partial charge in [0, 0.05) is 24.3 Å². The fourth-order valence-corrected chi connectivity index (χ4v) is 4.88. The molecule has 5 nitrogen and oxygen atoms in total. The molecule has 1 atom stereocenters. The number of hydrogen-bond donors (Lipinski definition) is 1. The fraction of sp³-hybridized carbons (Fsp3) is 0.800. The predicted molar refractivity (Wildman–Crippen MR) is 80.7 cm³/mol. The van der Waals surface area contributed by atoms with Gasteiger partial charge < -0.3 is 4.52 Å². The van der Waals surface area contributed by atoms with Crippen LogP contribution < -0.4 is 4.72 Å². The molecule has 3 rings (SSSR count). The van der Waals surface area contributed by atoms with Gasteiger partial charge in [0.05, 0.1) is 12.3 Å². The first-order valence-electron chi connectivity index (χ1n) is 8.19. The van der Waals surface area contributed by atoms with E-state index in [9.17, 15) is 17.2 Å². The Morgan fingerprint density at radius 2 is 2.00 bits per heavy atom. The second-order valence-corrected chi connectivity index (χ2v) is 8.40. The molecular formula is C15H22F2N2O3S. The van der Waals surface area contributed by atoms with Gasteiger partial charge in [-0.15, -0.1) is 0 Å². The number of nitrogens with zero attached hydrogens (tertiary/aromatic N) is 1. The zero-order chi connectivity index (χ0) is 16.5. The van der Waals surface area contributed by atoms with Gasteiger partial charge in [-0.3, -0.25) is 0 Å². The Labute approximate surface area is 134 Å². The highest BCUT2D eigenvalue weighted by Gasteiger charge is 2.43. The molecule has 2 aliphatic carbocycles. The standard InChI is InChI=1S/C15H22F2N2O3S/c16-15(17)8-4-3-5-11(15)10-23(20,21)18-9-13-12-6-1-2-7-14(12)22-19-13/h11,18H,1-10H2. The third-order valence-electron chi connectivity index (χ3n) is 4.82. The van der Waals surface area contributed by atoms with Gasteiger partial charge in [0.15, 0.2) is 0 Å². The van der Waals surface area contributed by atoms with E-state index < -0.39 is 27.6 Å². The number of rotatable bonds is 5. The molecule has 0 spiro atoms. The number of fused-ring (bicyclic) bond motifs is 1. The van der Waals surface area contributed by atoms with E-state index >= 15 is 0 Å². The van der Waals surface area contributed by atoms with Crippen LogP contribution >= 0.6 is 0 Å². The molecule has 2 aliphatic rings. The fourth-order valence-electron chi connectivity index (χ4n) is 3.46. The maximum absolute atomic E-state index is 13.8. The second-order valence-electron chi connectivity index (χ2n) is 6.54. The van der Waals surface area contributed by atoms with Crippen molar-refractivity contribution in [2.24, 2.45) is 5.92 Å². The molecule has 1 fully saturated rings. The van der Waals surface area contributed by atoms with Crippen LogP contribution in [0.15, 0.2) is 4.52 Å². The maximum atomic E-state index is 13.8. The number of hydrogen-bond acceptors (Lipinski definition) is 4. The van der Waals surface area contributed by atoms with Gasteiger partial charge in [-0.2, -0.15) is 0 Å². The first-order valence-corrected chi connectivity index (χ1v) is 9.84. The number of aromatic nitrogens is 1. The quantitative estimate of drug-likeness (QED) is 0.888. The first-order chi connectivity index (χ1) is 10.9. The minimum absolute atomic E-state index is 0.0134. The van der Waals surface area contributed by atoms with Crippen LogP contribution in [0.25, 0.3) is 0 Å². The average molecular weight is 348 g/mol. The predicted octanol–water partition coefficient (Wildman–Crippen LogP) is 2.80. The molecule has 0 radical (unpaired) electrons. The van der Waals surface area contributed by atoms with Crippen molar-refractivity contribution in [2.45, 2.75) is 63.8 Å². The highest BCUT2D eigenvalue weighted by Crippen LogP contribution is 2.39. The lowest BCUT2D eigenvalue weighted by atomic mass is 9.87. The molecule has 23 heavy (non-hydrogen) atoms. The molecule has 1 aromatic rings. The molecule has 8 heteroatoms. The molecule has 1 unspecified atom stereocenters. The lowest BCUT2D eigenvalue weighted by molar-refractivity contribution is -0.0771. The lowest BCUT2D eigenvalue weighted by Crippen LogP contribution is -2.40. The van der Waals surface area contributed by atoms with Gasteiger partial charge >= 0.3 is 0 Å². The van der Waals surface area contributed by atoms with Crippen LogP contribution in [-0.4, -0.2) is 25.2 Å². The number of aryl methyl sites for hydroxylation is 1. The largest absolute Gasteiger partial charge is 0.361 e. The summed E-state index contributed by atoms with van der Waals surface area (Å²) in [6, 6.07) is 0. The number of sulfonamides is 1. The molecule has 1 saturated carbocycles. The average Bonchev–Trinajstić information content (AvgIpc) is 2.91. The van der Waals surface area contributed by atoms with Crippen LogP contribution in [0.2, 0.25) is 0 Å². The maximum Gasteiger partial charge on any atom is 0.251 e. The summed E-state index contributed by atoms with van der Waals surface area (Å²) in [6.45, 7) is 0.0134. The summed E-state index contributed by atoms with van der Waals surface area (Å²) in [6.07, 6.45) is 4.89. The summed E-state index contributed by atoms with van der Waals surface area (Å²) in [4.78, 5) is 0. The van der Waals surface area contributed by atoms with E-state index in [1.807, 2.05) is 0 Å². The van der Waals surface area contributed by atoms with Crippen molar-refractivity contribution < 1.29 is 21.7 Å². The minimum Gasteiger partial charge on any atom is -0.361 e. The van der Waals surface area contributed by atoms with Gasteiger partial charge in [-0.25, -0.2) is 21.9 Å². The normalized spacial score (nSPS) is 24.3. The van der Waals surface area contributed by atoms with Gasteiger partial charge in [0.1, 0.15) is 11.5 Å². The van der Waals surface area contributed by atoms with E-state index in [0.717, 1.165) is 37.0 Å². The SMILES string of the molecule is O=S(=O)(CC1CCCCC1(F)F)NCc1noc2c1CCCC2. The van der Waals surface area contributed by atoms with Crippen LogP contribution in [0.5, 0.6) is 0 Å². The molecule has 1 heterocycles. The summed E-state index contributed by atoms with van der Waals surface area (Å²) in [7, 11) is -3.77. The monoisotopic (exact) mass is 348 g/mol. The van der Waals surface area contributed by atoms with Crippen LogP contribution in [0, 0.1) is 5.92 Å². The third-order valence-corrected chi connectivity index (χ3v) is 6.25. The van der Waals surface area contributed by atoms with Gasteiger partial charge in [0.25, 0.3) is 5.92 Å². The third kappa shape index (κ3) is 3.91. The molecular weight excluding hydrogens is 326 g/mol. The van der Waals surface area contributed by atoms with Crippen molar-refractivity contribution in [1.82, 2.24) is 9.88 Å². The van der Waals surface area contributed by atoms with Crippen LogP contribution in [-0.2, 0) is 29.4 Å². The topological polar surface area (TPSA) is 72.2 Å².